The highest BCUT2D eigenvalue weighted by molar-refractivity contribution is 7.98. The molecule has 8 heteroatoms. The van der Waals surface area contributed by atoms with Crippen molar-refractivity contribution in [2.45, 2.75) is 31.3 Å². The van der Waals surface area contributed by atoms with Crippen LogP contribution in [0.25, 0.3) is 0 Å². The van der Waals surface area contributed by atoms with Gasteiger partial charge in [0.25, 0.3) is 5.56 Å². The molecule has 0 unspecified atom stereocenters. The summed E-state index contributed by atoms with van der Waals surface area (Å²) in [5.41, 5.74) is 0.958. The van der Waals surface area contributed by atoms with Gasteiger partial charge in [-0.25, -0.2) is 4.79 Å². The van der Waals surface area contributed by atoms with E-state index in [-0.39, 0.29) is 23.4 Å². The second-order valence-corrected chi connectivity index (χ2v) is 7.69. The molecule has 2 aliphatic rings. The van der Waals surface area contributed by atoms with Crippen LogP contribution in [0.15, 0.2) is 23.0 Å². The highest BCUT2D eigenvalue weighted by atomic mass is 32.2. The number of pyridine rings is 1. The molecule has 7 nitrogen and oxygen atoms in total. The number of aromatic nitrogens is 1. The van der Waals surface area contributed by atoms with Gasteiger partial charge in [-0.3, -0.25) is 4.79 Å². The van der Waals surface area contributed by atoms with Crippen molar-refractivity contribution in [3.63, 3.8) is 0 Å². The summed E-state index contributed by atoms with van der Waals surface area (Å²) in [5, 5.41) is 13.8. The van der Waals surface area contributed by atoms with Crippen molar-refractivity contribution in [1.82, 2.24) is 14.8 Å². The van der Waals surface area contributed by atoms with Crippen LogP contribution in [0.3, 0.4) is 0 Å². The zero-order valence-electron chi connectivity index (χ0n) is 14.1. The van der Waals surface area contributed by atoms with Crippen molar-refractivity contribution in [3.8, 4) is 0 Å². The minimum absolute atomic E-state index is 0.000757. The number of piperidine rings is 1. The zero-order valence-corrected chi connectivity index (χ0v) is 15.0. The maximum Gasteiger partial charge on any atom is 0.317 e. The fraction of sp³-hybridized carbons (Fsp3) is 0.588. The molecule has 3 atom stereocenters. The molecule has 0 spiro atoms. The number of rotatable bonds is 5. The summed E-state index contributed by atoms with van der Waals surface area (Å²) in [6, 6.07) is 3.91. The second kappa shape index (κ2) is 7.51. The Labute approximate surface area is 150 Å². The summed E-state index contributed by atoms with van der Waals surface area (Å²) < 4.78 is 1.80. The zero-order chi connectivity index (χ0) is 18.0. The Bertz CT molecular complexity index is 720. The molecular weight excluding hydrogens is 342 g/mol. The normalized spacial score (nSPS) is 22.8. The average Bonchev–Trinajstić information content (AvgIpc) is 2.59. The highest BCUT2D eigenvalue weighted by Gasteiger charge is 2.36. The number of thioether (sulfide) groups is 1. The summed E-state index contributed by atoms with van der Waals surface area (Å²) in [5.74, 6) is -0.290. The Morgan fingerprint density at radius 2 is 2.16 bits per heavy atom. The maximum atomic E-state index is 12.5. The number of hydrogen-bond donors (Lipinski definition) is 1. The van der Waals surface area contributed by atoms with Crippen molar-refractivity contribution >= 4 is 23.8 Å². The van der Waals surface area contributed by atoms with Crippen LogP contribution in [0.5, 0.6) is 0 Å². The van der Waals surface area contributed by atoms with Gasteiger partial charge >= 0.3 is 6.03 Å². The van der Waals surface area contributed by atoms with E-state index in [0.717, 1.165) is 12.1 Å². The minimum atomic E-state index is -1.25. The van der Waals surface area contributed by atoms with E-state index >= 15 is 0 Å². The van der Waals surface area contributed by atoms with E-state index in [1.807, 2.05) is 12.3 Å². The number of aliphatic carboxylic acids is 1. The summed E-state index contributed by atoms with van der Waals surface area (Å²) >= 11 is 1.53. The summed E-state index contributed by atoms with van der Waals surface area (Å²) in [6.07, 6.45) is 3.18. The Kier molecular flexibility index (Phi) is 5.36. The van der Waals surface area contributed by atoms with Crippen LogP contribution in [0.4, 0.5) is 4.79 Å². The van der Waals surface area contributed by atoms with Crippen LogP contribution < -0.4 is 16.0 Å². The first-order chi connectivity index (χ1) is 12.0. The predicted octanol–water partition coefficient (Wildman–Crippen LogP) is -0.151. The fourth-order valence-corrected chi connectivity index (χ4v) is 4.26. The number of nitrogens with zero attached hydrogens (tertiary/aromatic N) is 2. The quantitative estimate of drug-likeness (QED) is 0.784. The number of nitrogens with one attached hydrogen (secondary N) is 1. The number of urea groups is 1. The molecule has 25 heavy (non-hydrogen) atoms. The number of hydrogen-bond acceptors (Lipinski definition) is 5. The molecule has 1 aromatic rings. The van der Waals surface area contributed by atoms with Gasteiger partial charge in [-0.1, -0.05) is 6.07 Å². The first-order valence-electron chi connectivity index (χ1n) is 8.44. The third kappa shape index (κ3) is 3.84. The molecule has 1 fully saturated rings. The Balaban J connectivity index is 1.70. The molecule has 3 rings (SSSR count). The number of carbonyl (C=O) groups excluding carboxylic acids is 2. The van der Waals surface area contributed by atoms with Gasteiger partial charge in [0, 0.05) is 37.3 Å². The van der Waals surface area contributed by atoms with Gasteiger partial charge in [-0.05, 0) is 36.8 Å². The fourth-order valence-electron chi connectivity index (χ4n) is 3.79. The standard InChI is InChI=1S/C17H23N3O4S/c1-25-6-5-13(16(22)23)18-17(24)19-8-11-7-12(10-19)14-3-2-4-15(21)20(14)9-11/h2-4,11-13H,5-10H2,1H3,(H,18,24)(H,22,23)/p-1/t11-,12+,13+/m1/s1. The highest BCUT2D eigenvalue weighted by Crippen LogP contribution is 2.34. The number of carboxylic acid groups (broad SMARTS) is 1. The van der Waals surface area contributed by atoms with E-state index in [4.69, 9.17) is 0 Å². The number of fused-ring (bicyclic) bond motifs is 4. The molecule has 0 aromatic carbocycles. The van der Waals surface area contributed by atoms with Crippen LogP contribution in [0.1, 0.15) is 24.5 Å². The van der Waals surface area contributed by atoms with E-state index in [0.29, 0.717) is 31.8 Å². The first-order valence-corrected chi connectivity index (χ1v) is 9.84. The second-order valence-electron chi connectivity index (χ2n) is 6.71. The Morgan fingerprint density at radius 1 is 1.36 bits per heavy atom. The van der Waals surface area contributed by atoms with Crippen molar-refractivity contribution in [2.75, 3.05) is 25.1 Å². The lowest BCUT2D eigenvalue weighted by Gasteiger charge is -2.43. The van der Waals surface area contributed by atoms with Gasteiger partial charge in [0.05, 0.1) is 12.0 Å². The van der Waals surface area contributed by atoms with Gasteiger partial charge in [-0.2, -0.15) is 11.8 Å². The Hall–Kier alpha value is -1.96. The van der Waals surface area contributed by atoms with Gasteiger partial charge in [0.1, 0.15) is 0 Å². The van der Waals surface area contributed by atoms with Crippen molar-refractivity contribution < 1.29 is 14.7 Å². The van der Waals surface area contributed by atoms with Gasteiger partial charge in [0.15, 0.2) is 0 Å². The first kappa shape index (κ1) is 17.8. The topological polar surface area (TPSA) is 94.5 Å². The monoisotopic (exact) mass is 364 g/mol. The number of carbonyl (C=O) groups is 2. The van der Waals surface area contributed by atoms with Crippen molar-refractivity contribution in [2.24, 2.45) is 5.92 Å². The average molecular weight is 364 g/mol. The molecule has 1 aromatic heterocycles. The summed E-state index contributed by atoms with van der Waals surface area (Å²) in [4.78, 5) is 37.5. The number of amides is 2. The lowest BCUT2D eigenvalue weighted by Crippen LogP contribution is -2.56. The van der Waals surface area contributed by atoms with E-state index < -0.39 is 12.0 Å². The smallest absolute Gasteiger partial charge is 0.317 e. The molecule has 3 heterocycles. The minimum Gasteiger partial charge on any atom is -0.548 e. The summed E-state index contributed by atoms with van der Waals surface area (Å²) in [7, 11) is 0. The lowest BCUT2D eigenvalue weighted by molar-refractivity contribution is -0.308. The number of carboxylic acids is 1. The molecular formula is C17H22N3O4S-. The molecule has 1 saturated heterocycles. The lowest BCUT2D eigenvalue weighted by atomic mass is 9.83. The number of likely N-dealkylation sites (tertiary alicyclic amines) is 1. The molecule has 136 valence electrons. The maximum absolute atomic E-state index is 12.5. The molecule has 0 radical (unpaired) electrons. The molecule has 0 saturated carbocycles. The molecule has 2 amide bonds. The van der Waals surface area contributed by atoms with E-state index in [2.05, 4.69) is 5.32 Å². The van der Waals surface area contributed by atoms with E-state index in [1.165, 1.54) is 11.8 Å². The SMILES string of the molecule is CSCC[C@H](NC(=O)N1C[C@H]2C[C@@H](C1)c1cccc(=O)n1C2)C(=O)[O-]. The Morgan fingerprint density at radius 3 is 2.88 bits per heavy atom. The van der Waals surface area contributed by atoms with Gasteiger partial charge in [-0.15, -0.1) is 0 Å². The van der Waals surface area contributed by atoms with E-state index in [9.17, 15) is 19.5 Å². The van der Waals surface area contributed by atoms with E-state index in [1.54, 1.807) is 21.6 Å². The third-order valence-corrected chi connectivity index (χ3v) is 5.60. The van der Waals surface area contributed by atoms with Crippen LogP contribution >= 0.6 is 11.8 Å². The molecule has 1 N–H and O–H groups in total. The predicted molar refractivity (Wildman–Crippen MR) is 93.4 cm³/mol. The van der Waals surface area contributed by atoms with Crippen LogP contribution in [-0.2, 0) is 11.3 Å². The molecule has 2 bridgehead atoms. The molecule has 0 aliphatic carbocycles. The van der Waals surface area contributed by atoms with Crippen molar-refractivity contribution in [3.05, 3.63) is 34.2 Å². The van der Waals surface area contributed by atoms with Gasteiger partial charge in [0.2, 0.25) is 0 Å². The van der Waals surface area contributed by atoms with Crippen molar-refractivity contribution in [1.29, 1.82) is 0 Å². The summed E-state index contributed by atoms with van der Waals surface area (Å²) in [6.45, 7) is 1.63. The van der Waals surface area contributed by atoms with Crippen LogP contribution in [0.2, 0.25) is 0 Å². The molecule has 2 aliphatic heterocycles. The third-order valence-electron chi connectivity index (χ3n) is 4.96. The largest absolute Gasteiger partial charge is 0.548 e. The van der Waals surface area contributed by atoms with Gasteiger partial charge < -0.3 is 24.7 Å². The van der Waals surface area contributed by atoms with Crippen LogP contribution in [-0.4, -0.2) is 52.6 Å². The van der Waals surface area contributed by atoms with Crippen LogP contribution in [0, 0.1) is 5.92 Å².